The van der Waals surface area contributed by atoms with Crippen molar-refractivity contribution in [3.8, 4) is 0 Å². The van der Waals surface area contributed by atoms with Crippen molar-refractivity contribution in [2.75, 3.05) is 6.54 Å². The van der Waals surface area contributed by atoms with E-state index in [1.165, 1.54) is 10.6 Å². The van der Waals surface area contributed by atoms with Gasteiger partial charge >= 0.3 is 6.09 Å². The number of carbonyl (C=O) groups is 1. The van der Waals surface area contributed by atoms with Crippen LogP contribution in [0.2, 0.25) is 0 Å². The van der Waals surface area contributed by atoms with Crippen LogP contribution in [-0.2, 0) is 11.3 Å². The highest BCUT2D eigenvalue weighted by molar-refractivity contribution is 7.17. The smallest absolute Gasteiger partial charge is 0.407 e. The van der Waals surface area contributed by atoms with Crippen LogP contribution >= 0.6 is 11.3 Å². The molecule has 7 heteroatoms. The molecular weight excluding hydrogens is 336 g/mol. The van der Waals surface area contributed by atoms with Crippen molar-refractivity contribution < 1.29 is 9.53 Å². The number of carbonyl (C=O) groups excluding carboxylic acids is 1. The highest BCUT2D eigenvalue weighted by Crippen LogP contribution is 2.20. The Morgan fingerprint density at radius 1 is 1.40 bits per heavy atom. The Balaban J connectivity index is 1.94. The van der Waals surface area contributed by atoms with Gasteiger partial charge in [-0.25, -0.2) is 9.78 Å². The quantitative estimate of drug-likeness (QED) is 0.782. The molecule has 0 aliphatic heterocycles. The van der Waals surface area contributed by atoms with Crippen LogP contribution in [0.15, 0.2) is 6.20 Å². The fourth-order valence-corrected chi connectivity index (χ4v) is 3.60. The summed E-state index contributed by atoms with van der Waals surface area (Å²) >= 11 is 1.70. The second-order valence-corrected chi connectivity index (χ2v) is 8.60. The zero-order valence-corrected chi connectivity index (χ0v) is 16.9. The van der Waals surface area contributed by atoms with Gasteiger partial charge in [-0.15, -0.1) is 11.3 Å². The zero-order chi connectivity index (χ0) is 18.6. The maximum Gasteiger partial charge on any atom is 0.407 e. The lowest BCUT2D eigenvalue weighted by Gasteiger charge is -2.22. The Bertz CT molecular complexity index is 715. The molecule has 1 amide bonds. The number of thiazole rings is 1. The number of fused-ring (bicyclic) bond motifs is 1. The highest BCUT2D eigenvalue weighted by Gasteiger charge is 2.18. The second-order valence-electron chi connectivity index (χ2n) is 7.39. The van der Waals surface area contributed by atoms with Crippen molar-refractivity contribution >= 4 is 22.4 Å². The number of rotatable bonds is 7. The fourth-order valence-electron chi connectivity index (χ4n) is 2.71. The van der Waals surface area contributed by atoms with Crippen molar-refractivity contribution in [3.63, 3.8) is 0 Å². The number of hydrogen-bond acceptors (Lipinski definition) is 5. The van der Waals surface area contributed by atoms with Crippen LogP contribution in [0.5, 0.6) is 0 Å². The maximum atomic E-state index is 11.9. The van der Waals surface area contributed by atoms with E-state index in [1.54, 1.807) is 11.3 Å². The predicted octanol–water partition coefficient (Wildman–Crippen LogP) is 3.80. The summed E-state index contributed by atoms with van der Waals surface area (Å²) < 4.78 is 7.46. The summed E-state index contributed by atoms with van der Waals surface area (Å²) in [4.78, 5) is 18.8. The number of hydrogen-bond donors (Lipinski definition) is 2. The Morgan fingerprint density at radius 3 is 2.76 bits per heavy atom. The van der Waals surface area contributed by atoms with E-state index < -0.39 is 5.60 Å². The van der Waals surface area contributed by atoms with Gasteiger partial charge in [0.05, 0.1) is 11.4 Å². The number of aryl methyl sites for hydroxylation is 2. The lowest BCUT2D eigenvalue weighted by atomic mass is 10.1. The molecular formula is C18H30N4O2S. The van der Waals surface area contributed by atoms with Gasteiger partial charge in [-0.2, -0.15) is 0 Å². The molecule has 2 N–H and O–H groups in total. The molecule has 25 heavy (non-hydrogen) atoms. The van der Waals surface area contributed by atoms with Crippen LogP contribution in [-0.4, -0.2) is 33.7 Å². The first-order valence-corrected chi connectivity index (χ1v) is 9.65. The van der Waals surface area contributed by atoms with E-state index in [0.29, 0.717) is 6.54 Å². The highest BCUT2D eigenvalue weighted by atomic mass is 32.1. The van der Waals surface area contributed by atoms with Gasteiger partial charge in [-0.05, 0) is 41.0 Å². The Labute approximate surface area is 154 Å². The van der Waals surface area contributed by atoms with E-state index >= 15 is 0 Å². The minimum atomic E-state index is -0.477. The summed E-state index contributed by atoms with van der Waals surface area (Å²) in [6.07, 6.45) is 3.79. The molecule has 0 radical (unpaired) electrons. The largest absolute Gasteiger partial charge is 0.444 e. The molecule has 0 aromatic carbocycles. The van der Waals surface area contributed by atoms with E-state index in [1.807, 2.05) is 27.7 Å². The van der Waals surface area contributed by atoms with Gasteiger partial charge in [0.25, 0.3) is 0 Å². The third kappa shape index (κ3) is 5.71. The van der Waals surface area contributed by atoms with Crippen LogP contribution in [0.4, 0.5) is 4.79 Å². The summed E-state index contributed by atoms with van der Waals surface area (Å²) in [5.74, 6) is 0. The van der Waals surface area contributed by atoms with Gasteiger partial charge in [0.2, 0.25) is 0 Å². The number of alkyl carbamates (subject to hydrolysis) is 1. The van der Waals surface area contributed by atoms with Crippen LogP contribution in [0.1, 0.15) is 56.8 Å². The van der Waals surface area contributed by atoms with Crippen molar-refractivity contribution in [3.05, 3.63) is 22.5 Å². The molecule has 0 saturated carbocycles. The summed E-state index contributed by atoms with van der Waals surface area (Å²) in [5.41, 5.74) is 1.75. The van der Waals surface area contributed by atoms with Crippen molar-refractivity contribution in [1.29, 1.82) is 0 Å². The third-order valence-electron chi connectivity index (χ3n) is 3.83. The normalized spacial score (nSPS) is 13.2. The van der Waals surface area contributed by atoms with E-state index in [0.717, 1.165) is 30.0 Å². The van der Waals surface area contributed by atoms with Crippen LogP contribution in [0.3, 0.4) is 0 Å². The fraction of sp³-hybridized carbons (Fsp3) is 0.667. The summed E-state index contributed by atoms with van der Waals surface area (Å²) in [6, 6.07) is 0.196. The molecule has 1 unspecified atom stereocenters. The monoisotopic (exact) mass is 366 g/mol. The van der Waals surface area contributed by atoms with E-state index in [-0.39, 0.29) is 12.1 Å². The first-order valence-electron chi connectivity index (χ1n) is 8.83. The zero-order valence-electron chi connectivity index (χ0n) is 16.1. The van der Waals surface area contributed by atoms with Crippen LogP contribution < -0.4 is 10.6 Å². The van der Waals surface area contributed by atoms with Gasteiger partial charge in [0.1, 0.15) is 5.60 Å². The van der Waals surface area contributed by atoms with Crippen LogP contribution in [0.25, 0.3) is 4.96 Å². The molecule has 140 valence electrons. The molecule has 2 rings (SSSR count). The maximum absolute atomic E-state index is 11.9. The molecule has 0 fully saturated rings. The number of nitrogens with one attached hydrogen (secondary N) is 2. The summed E-state index contributed by atoms with van der Waals surface area (Å²) in [6.45, 7) is 13.2. The Hall–Kier alpha value is -1.60. The molecule has 1 atom stereocenters. The van der Waals surface area contributed by atoms with Crippen molar-refractivity contribution in [2.24, 2.45) is 0 Å². The molecule has 0 aliphatic carbocycles. The first-order chi connectivity index (χ1) is 11.7. The lowest BCUT2D eigenvalue weighted by Crippen LogP contribution is -2.42. The van der Waals surface area contributed by atoms with Crippen molar-refractivity contribution in [1.82, 2.24) is 20.0 Å². The predicted molar refractivity (Wildman–Crippen MR) is 102 cm³/mol. The third-order valence-corrected chi connectivity index (χ3v) is 4.73. The lowest BCUT2D eigenvalue weighted by molar-refractivity contribution is 0.0521. The Morgan fingerprint density at radius 2 is 2.12 bits per heavy atom. The molecule has 2 heterocycles. The minimum Gasteiger partial charge on any atom is -0.444 e. The first kappa shape index (κ1) is 19.7. The average molecular weight is 367 g/mol. The number of imidazole rings is 1. The standard InChI is InChI=1S/C18H30N4O2S/c1-7-8-14(9-20-17(23)24-18(4,5)6)19-10-15-13(3)21-16-22(15)11-12(2)25-16/h11,14,19H,7-10H2,1-6H3,(H,20,23). The number of aromatic nitrogens is 2. The topological polar surface area (TPSA) is 67.7 Å². The number of ether oxygens (including phenoxy) is 1. The minimum absolute atomic E-state index is 0.196. The molecule has 0 aliphatic rings. The van der Waals surface area contributed by atoms with Gasteiger partial charge in [0.15, 0.2) is 4.96 Å². The second kappa shape index (κ2) is 8.19. The van der Waals surface area contributed by atoms with Crippen molar-refractivity contribution in [2.45, 2.75) is 72.6 Å². The molecule has 2 aromatic heterocycles. The van der Waals surface area contributed by atoms with Gasteiger partial charge in [-0.3, -0.25) is 4.40 Å². The Kier molecular flexibility index (Phi) is 6.46. The average Bonchev–Trinajstić information content (AvgIpc) is 2.95. The summed E-state index contributed by atoms with van der Waals surface area (Å²) in [7, 11) is 0. The van der Waals surface area contributed by atoms with Crippen LogP contribution in [0, 0.1) is 13.8 Å². The molecule has 2 aromatic rings. The molecule has 6 nitrogen and oxygen atoms in total. The van der Waals surface area contributed by atoms with E-state index in [9.17, 15) is 4.79 Å². The number of amides is 1. The van der Waals surface area contributed by atoms with E-state index in [4.69, 9.17) is 4.74 Å². The van der Waals surface area contributed by atoms with Gasteiger partial charge in [-0.1, -0.05) is 13.3 Å². The number of nitrogens with zero attached hydrogens (tertiary/aromatic N) is 2. The molecule has 0 spiro atoms. The van der Waals surface area contributed by atoms with Gasteiger partial charge in [0, 0.05) is 30.2 Å². The summed E-state index contributed by atoms with van der Waals surface area (Å²) in [5, 5.41) is 6.42. The SMILES string of the molecule is CCCC(CNC(=O)OC(C)(C)C)NCc1c(C)nc2sc(C)cn12. The molecule has 0 saturated heterocycles. The van der Waals surface area contributed by atoms with E-state index in [2.05, 4.69) is 40.1 Å². The van der Waals surface area contributed by atoms with Gasteiger partial charge < -0.3 is 15.4 Å². The molecule has 0 bridgehead atoms.